The van der Waals surface area contributed by atoms with E-state index in [0.29, 0.717) is 10.1 Å². The van der Waals surface area contributed by atoms with Crippen LogP contribution in [0.25, 0.3) is 0 Å². The van der Waals surface area contributed by atoms with Gasteiger partial charge in [-0.2, -0.15) is 24.9 Å². The summed E-state index contributed by atoms with van der Waals surface area (Å²) in [5, 5.41) is 2.67. The van der Waals surface area contributed by atoms with E-state index in [2.05, 4.69) is 11.4 Å². The maximum absolute atomic E-state index is 13.4. The van der Waals surface area contributed by atoms with Gasteiger partial charge < -0.3 is 5.32 Å². The lowest BCUT2D eigenvalue weighted by Gasteiger charge is -2.25. The molecule has 0 unspecified atom stereocenters. The molecule has 0 saturated heterocycles. The molecule has 0 aromatic heterocycles. The maximum Gasteiger partial charge on any atom is 0.416 e. The Labute approximate surface area is 213 Å². The summed E-state index contributed by atoms with van der Waals surface area (Å²) in [7, 11) is -4.30. The van der Waals surface area contributed by atoms with Gasteiger partial charge in [-0.3, -0.25) is 9.10 Å². The summed E-state index contributed by atoms with van der Waals surface area (Å²) in [6, 6.07) is 17.9. The largest absolute Gasteiger partial charge is 0.416 e. The van der Waals surface area contributed by atoms with Crippen molar-refractivity contribution in [2.75, 3.05) is 23.1 Å². The molecule has 3 aromatic carbocycles. The predicted molar refractivity (Wildman–Crippen MR) is 138 cm³/mol. The number of nitrogens with one attached hydrogen (secondary N) is 1. The van der Waals surface area contributed by atoms with Crippen LogP contribution in [0.1, 0.15) is 22.3 Å². The molecular formula is C26H27F3N2O3S2. The number of carbonyl (C=O) groups excluding carboxylic acids is 1. The number of rotatable bonds is 10. The smallest absolute Gasteiger partial charge is 0.354 e. The zero-order valence-electron chi connectivity index (χ0n) is 19.9. The zero-order chi connectivity index (χ0) is 26.3. The number of carbonyl (C=O) groups is 1. The van der Waals surface area contributed by atoms with E-state index in [9.17, 15) is 26.4 Å². The minimum Gasteiger partial charge on any atom is -0.354 e. The van der Waals surface area contributed by atoms with E-state index < -0.39 is 34.2 Å². The molecule has 1 amide bonds. The van der Waals surface area contributed by atoms with Crippen molar-refractivity contribution in [2.45, 2.75) is 30.7 Å². The van der Waals surface area contributed by atoms with Crippen molar-refractivity contribution in [3.05, 3.63) is 95.1 Å². The van der Waals surface area contributed by atoms with Crippen molar-refractivity contribution in [3.8, 4) is 0 Å². The molecule has 0 fully saturated rings. The molecule has 3 aromatic rings. The molecule has 0 aliphatic carbocycles. The van der Waals surface area contributed by atoms with Gasteiger partial charge in [-0.1, -0.05) is 53.6 Å². The molecule has 192 valence electrons. The van der Waals surface area contributed by atoms with Crippen LogP contribution in [0.4, 0.5) is 18.9 Å². The van der Waals surface area contributed by atoms with Crippen molar-refractivity contribution in [1.82, 2.24) is 5.32 Å². The molecule has 0 radical (unpaired) electrons. The van der Waals surface area contributed by atoms with E-state index in [1.54, 1.807) is 30.8 Å². The standard InChI is InChI=1S/C26H27F3N2O3S2/c1-19-9-11-24(12-10-19)36(33,34)31(23-8-4-7-22(16-23)26(27,28)29)17-25(32)30-13-14-35-18-21-6-3-5-20(2)15-21/h3-12,15-16H,13-14,17-18H2,1-2H3,(H,30,32). The number of nitrogens with zero attached hydrogens (tertiary/aromatic N) is 1. The molecule has 0 bridgehead atoms. The Morgan fingerprint density at radius 3 is 2.31 bits per heavy atom. The van der Waals surface area contributed by atoms with Gasteiger partial charge in [-0.05, 0) is 49.7 Å². The summed E-state index contributed by atoms with van der Waals surface area (Å²) in [5.41, 5.74) is 1.89. The van der Waals surface area contributed by atoms with Crippen molar-refractivity contribution in [2.24, 2.45) is 0 Å². The van der Waals surface area contributed by atoms with Crippen LogP contribution in [0.15, 0.2) is 77.7 Å². The fourth-order valence-corrected chi connectivity index (χ4v) is 5.65. The lowest BCUT2D eigenvalue weighted by atomic mass is 10.2. The fourth-order valence-electron chi connectivity index (χ4n) is 3.43. The van der Waals surface area contributed by atoms with Gasteiger partial charge in [0.05, 0.1) is 16.1 Å². The molecule has 0 aliphatic heterocycles. The number of aryl methyl sites for hydroxylation is 2. The Morgan fingerprint density at radius 2 is 1.64 bits per heavy atom. The highest BCUT2D eigenvalue weighted by atomic mass is 32.2. The number of benzene rings is 3. The number of thioether (sulfide) groups is 1. The molecule has 1 N–H and O–H groups in total. The number of alkyl halides is 3. The van der Waals surface area contributed by atoms with Crippen LogP contribution in [-0.2, 0) is 26.7 Å². The fraction of sp³-hybridized carbons (Fsp3) is 0.269. The first-order valence-corrected chi connectivity index (χ1v) is 13.7. The van der Waals surface area contributed by atoms with E-state index in [0.717, 1.165) is 40.6 Å². The third-order valence-corrected chi connectivity index (χ3v) is 8.10. The first kappa shape index (κ1) is 27.6. The molecule has 0 atom stereocenters. The Balaban J connectivity index is 1.73. The summed E-state index contributed by atoms with van der Waals surface area (Å²) in [5.74, 6) is 0.739. The Hall–Kier alpha value is -2.98. The van der Waals surface area contributed by atoms with Crippen LogP contribution in [-0.4, -0.2) is 33.2 Å². The third kappa shape index (κ3) is 7.51. The highest BCUT2D eigenvalue weighted by Gasteiger charge is 2.33. The number of halogens is 3. The molecule has 10 heteroatoms. The van der Waals surface area contributed by atoms with Crippen LogP contribution in [0, 0.1) is 13.8 Å². The molecular weight excluding hydrogens is 509 g/mol. The Morgan fingerprint density at radius 1 is 0.944 bits per heavy atom. The van der Waals surface area contributed by atoms with Crippen molar-refractivity contribution in [3.63, 3.8) is 0 Å². The average Bonchev–Trinajstić information content (AvgIpc) is 2.82. The van der Waals surface area contributed by atoms with Gasteiger partial charge in [0.15, 0.2) is 0 Å². The van der Waals surface area contributed by atoms with Gasteiger partial charge in [-0.15, -0.1) is 0 Å². The molecule has 0 aliphatic rings. The Kier molecular flexibility index (Phi) is 9.08. The zero-order valence-corrected chi connectivity index (χ0v) is 21.5. The average molecular weight is 537 g/mol. The number of amides is 1. The molecule has 0 heterocycles. The second kappa shape index (κ2) is 11.8. The monoisotopic (exact) mass is 536 g/mol. The number of hydrogen-bond acceptors (Lipinski definition) is 4. The first-order valence-electron chi connectivity index (χ1n) is 11.1. The van der Waals surface area contributed by atoms with E-state index >= 15 is 0 Å². The highest BCUT2D eigenvalue weighted by Crippen LogP contribution is 2.33. The van der Waals surface area contributed by atoms with E-state index in [1.807, 2.05) is 25.1 Å². The van der Waals surface area contributed by atoms with Gasteiger partial charge in [-0.25, -0.2) is 8.42 Å². The minimum atomic E-state index is -4.66. The SMILES string of the molecule is Cc1ccc(S(=O)(=O)N(CC(=O)NCCSCc2cccc(C)c2)c2cccc(C(F)(F)F)c2)cc1. The topological polar surface area (TPSA) is 66.5 Å². The van der Waals surface area contributed by atoms with E-state index in [1.165, 1.54) is 18.2 Å². The molecule has 5 nitrogen and oxygen atoms in total. The molecule has 0 spiro atoms. The highest BCUT2D eigenvalue weighted by molar-refractivity contribution is 7.98. The quantitative estimate of drug-likeness (QED) is 0.344. The summed E-state index contributed by atoms with van der Waals surface area (Å²) in [6.07, 6.45) is -4.66. The number of hydrogen-bond donors (Lipinski definition) is 1. The lowest BCUT2D eigenvalue weighted by Crippen LogP contribution is -2.41. The molecule has 0 saturated carbocycles. The minimum absolute atomic E-state index is 0.118. The number of anilines is 1. The van der Waals surface area contributed by atoms with Crippen LogP contribution in [0.2, 0.25) is 0 Å². The van der Waals surface area contributed by atoms with Crippen molar-refractivity contribution < 1.29 is 26.4 Å². The molecule has 36 heavy (non-hydrogen) atoms. The first-order chi connectivity index (χ1) is 17.0. The third-order valence-electron chi connectivity index (χ3n) is 5.28. The van der Waals surface area contributed by atoms with Crippen LogP contribution < -0.4 is 9.62 Å². The second-order valence-electron chi connectivity index (χ2n) is 8.26. The van der Waals surface area contributed by atoms with E-state index in [4.69, 9.17) is 0 Å². The maximum atomic E-state index is 13.4. The van der Waals surface area contributed by atoms with E-state index in [-0.39, 0.29) is 17.1 Å². The van der Waals surface area contributed by atoms with Gasteiger partial charge in [0.2, 0.25) is 5.91 Å². The van der Waals surface area contributed by atoms with Gasteiger partial charge >= 0.3 is 6.18 Å². The normalized spacial score (nSPS) is 11.8. The summed E-state index contributed by atoms with van der Waals surface area (Å²) in [4.78, 5) is 12.6. The summed E-state index contributed by atoms with van der Waals surface area (Å²) >= 11 is 1.61. The van der Waals surface area contributed by atoms with Crippen LogP contribution >= 0.6 is 11.8 Å². The van der Waals surface area contributed by atoms with Crippen molar-refractivity contribution in [1.29, 1.82) is 0 Å². The summed E-state index contributed by atoms with van der Waals surface area (Å²) < 4.78 is 67.3. The lowest BCUT2D eigenvalue weighted by molar-refractivity contribution is -0.137. The molecule has 3 rings (SSSR count). The predicted octanol–water partition coefficient (Wildman–Crippen LogP) is 5.57. The van der Waals surface area contributed by atoms with Gasteiger partial charge in [0.1, 0.15) is 6.54 Å². The van der Waals surface area contributed by atoms with Crippen LogP contribution in [0.5, 0.6) is 0 Å². The number of sulfonamides is 1. The van der Waals surface area contributed by atoms with Crippen molar-refractivity contribution >= 4 is 33.4 Å². The van der Waals surface area contributed by atoms with Gasteiger partial charge in [0, 0.05) is 18.1 Å². The van der Waals surface area contributed by atoms with Gasteiger partial charge in [0.25, 0.3) is 10.0 Å². The second-order valence-corrected chi connectivity index (χ2v) is 11.2. The Bertz CT molecular complexity index is 1290. The summed E-state index contributed by atoms with van der Waals surface area (Å²) in [6.45, 7) is 3.43. The van der Waals surface area contributed by atoms with Crippen LogP contribution in [0.3, 0.4) is 0 Å².